The van der Waals surface area contributed by atoms with E-state index in [9.17, 15) is 13.2 Å². The first-order valence-electron chi connectivity index (χ1n) is 6.38. The van der Waals surface area contributed by atoms with E-state index in [1.165, 1.54) is 6.20 Å². The second kappa shape index (κ2) is 4.49. The molecule has 2 rings (SSSR count). The summed E-state index contributed by atoms with van der Waals surface area (Å²) in [7, 11) is -0.693. The molecule has 0 aromatic carbocycles. The van der Waals surface area contributed by atoms with Gasteiger partial charge in [0.1, 0.15) is 6.54 Å². The SMILES string of the molecule is Cc1c(B2OC(C)(C)C(C)(C)O2)cnn1CC(F)(F)F. The normalized spacial score (nSPS) is 21.5. The molecule has 4 nitrogen and oxygen atoms in total. The van der Waals surface area contributed by atoms with Crippen molar-refractivity contribution in [3.8, 4) is 0 Å². The van der Waals surface area contributed by atoms with Crippen LogP contribution < -0.4 is 5.46 Å². The molecule has 2 heterocycles. The molecule has 8 heteroatoms. The molecule has 1 aliphatic heterocycles. The fourth-order valence-corrected chi connectivity index (χ4v) is 1.99. The van der Waals surface area contributed by atoms with Crippen LogP contribution in [0.3, 0.4) is 0 Å². The standard InChI is InChI=1S/C12H18BF3N2O2/c1-8-9(6-17-18(8)7-12(14,15)16)13-19-10(2,3)11(4,5)20-13/h6H,7H2,1-5H3. The number of alkyl halides is 3. The highest BCUT2D eigenvalue weighted by molar-refractivity contribution is 6.62. The monoisotopic (exact) mass is 290 g/mol. The van der Waals surface area contributed by atoms with Crippen LogP contribution in [-0.4, -0.2) is 34.3 Å². The minimum atomic E-state index is -4.30. The van der Waals surface area contributed by atoms with Crippen LogP contribution in [0.4, 0.5) is 13.2 Å². The van der Waals surface area contributed by atoms with Gasteiger partial charge in [-0.15, -0.1) is 0 Å². The molecule has 1 saturated heterocycles. The van der Waals surface area contributed by atoms with Gasteiger partial charge in [0, 0.05) is 17.4 Å². The maximum Gasteiger partial charge on any atom is 0.498 e. The van der Waals surface area contributed by atoms with Gasteiger partial charge in [0.2, 0.25) is 0 Å². The molecule has 0 amide bonds. The lowest BCUT2D eigenvalue weighted by atomic mass is 9.79. The summed E-state index contributed by atoms with van der Waals surface area (Å²) in [6.45, 7) is 8.04. The van der Waals surface area contributed by atoms with Crippen molar-refractivity contribution < 1.29 is 22.5 Å². The summed E-state index contributed by atoms with van der Waals surface area (Å²) >= 11 is 0. The van der Waals surface area contributed by atoms with Crippen molar-refractivity contribution in [1.82, 2.24) is 9.78 Å². The highest BCUT2D eigenvalue weighted by Gasteiger charge is 2.52. The Balaban J connectivity index is 2.24. The Labute approximate surface area is 116 Å². The lowest BCUT2D eigenvalue weighted by molar-refractivity contribution is -0.142. The number of halogens is 3. The van der Waals surface area contributed by atoms with E-state index in [2.05, 4.69) is 5.10 Å². The molecule has 0 bridgehead atoms. The Hall–Kier alpha value is -1.02. The van der Waals surface area contributed by atoms with Gasteiger partial charge in [-0.2, -0.15) is 18.3 Å². The Morgan fingerprint density at radius 2 is 1.70 bits per heavy atom. The van der Waals surface area contributed by atoms with Crippen LogP contribution in [0.5, 0.6) is 0 Å². The van der Waals surface area contributed by atoms with Gasteiger partial charge in [-0.05, 0) is 34.6 Å². The number of hydrogen-bond acceptors (Lipinski definition) is 3. The van der Waals surface area contributed by atoms with Crippen molar-refractivity contribution in [3.05, 3.63) is 11.9 Å². The first-order valence-corrected chi connectivity index (χ1v) is 6.38. The van der Waals surface area contributed by atoms with Crippen LogP contribution in [0.2, 0.25) is 0 Å². The van der Waals surface area contributed by atoms with E-state index in [0.717, 1.165) is 4.68 Å². The van der Waals surface area contributed by atoms with Crippen molar-refractivity contribution in [2.75, 3.05) is 0 Å². The molecule has 0 radical (unpaired) electrons. The molecule has 0 N–H and O–H groups in total. The molecule has 0 unspecified atom stereocenters. The smallest absolute Gasteiger partial charge is 0.399 e. The average Bonchev–Trinajstić information content (AvgIpc) is 2.65. The van der Waals surface area contributed by atoms with Crippen LogP contribution in [0.15, 0.2) is 6.20 Å². The predicted octanol–water partition coefficient (Wildman–Crippen LogP) is 2.05. The fourth-order valence-electron chi connectivity index (χ4n) is 1.99. The molecule has 112 valence electrons. The third kappa shape index (κ3) is 2.71. The van der Waals surface area contributed by atoms with E-state index in [-0.39, 0.29) is 0 Å². The summed E-state index contributed by atoms with van der Waals surface area (Å²) in [6.07, 6.45) is -2.92. The van der Waals surface area contributed by atoms with E-state index in [1.807, 2.05) is 27.7 Å². The highest BCUT2D eigenvalue weighted by Crippen LogP contribution is 2.36. The maximum absolute atomic E-state index is 12.4. The summed E-state index contributed by atoms with van der Waals surface area (Å²) in [5.41, 5.74) is -0.124. The number of hydrogen-bond donors (Lipinski definition) is 0. The average molecular weight is 290 g/mol. The van der Waals surface area contributed by atoms with E-state index in [0.29, 0.717) is 11.2 Å². The molecular formula is C12H18BF3N2O2. The molecule has 1 fully saturated rings. The van der Waals surface area contributed by atoms with E-state index >= 15 is 0 Å². The fraction of sp³-hybridized carbons (Fsp3) is 0.750. The van der Waals surface area contributed by atoms with E-state index < -0.39 is 31.0 Å². The summed E-state index contributed by atoms with van der Waals surface area (Å²) in [5.74, 6) is 0. The van der Waals surface area contributed by atoms with Gasteiger partial charge in [0.15, 0.2) is 0 Å². The molecule has 20 heavy (non-hydrogen) atoms. The van der Waals surface area contributed by atoms with Gasteiger partial charge in [0.25, 0.3) is 0 Å². The van der Waals surface area contributed by atoms with Crippen LogP contribution >= 0.6 is 0 Å². The second-order valence-electron chi connectivity index (χ2n) is 6.05. The topological polar surface area (TPSA) is 36.3 Å². The summed E-state index contributed by atoms with van der Waals surface area (Å²) < 4.78 is 49.8. The minimum Gasteiger partial charge on any atom is -0.399 e. The van der Waals surface area contributed by atoms with Crippen molar-refractivity contribution in [2.24, 2.45) is 0 Å². The first kappa shape index (κ1) is 15.4. The van der Waals surface area contributed by atoms with Gasteiger partial charge < -0.3 is 9.31 Å². The quantitative estimate of drug-likeness (QED) is 0.782. The van der Waals surface area contributed by atoms with Gasteiger partial charge in [-0.3, -0.25) is 4.68 Å². The first-order chi connectivity index (χ1) is 8.93. The Morgan fingerprint density at radius 1 is 1.20 bits per heavy atom. The molecule has 1 aliphatic rings. The summed E-state index contributed by atoms with van der Waals surface area (Å²) in [6, 6.07) is 0. The van der Waals surface area contributed by atoms with Gasteiger partial charge in [0.05, 0.1) is 11.2 Å². The largest absolute Gasteiger partial charge is 0.498 e. The number of aromatic nitrogens is 2. The maximum atomic E-state index is 12.4. The third-order valence-corrected chi connectivity index (χ3v) is 3.98. The Bertz CT molecular complexity index is 495. The zero-order valence-electron chi connectivity index (χ0n) is 12.2. The lowest BCUT2D eigenvalue weighted by Crippen LogP contribution is -2.41. The van der Waals surface area contributed by atoms with Gasteiger partial charge >= 0.3 is 13.3 Å². The zero-order chi connectivity index (χ0) is 15.3. The third-order valence-electron chi connectivity index (χ3n) is 3.98. The van der Waals surface area contributed by atoms with Crippen LogP contribution in [0.1, 0.15) is 33.4 Å². The van der Waals surface area contributed by atoms with Crippen LogP contribution in [0, 0.1) is 6.92 Å². The van der Waals surface area contributed by atoms with Crippen molar-refractivity contribution >= 4 is 12.6 Å². The predicted molar refractivity (Wildman–Crippen MR) is 68.7 cm³/mol. The van der Waals surface area contributed by atoms with Crippen molar-refractivity contribution in [2.45, 2.75) is 58.5 Å². The minimum absolute atomic E-state index is 0.404. The Morgan fingerprint density at radius 3 is 2.15 bits per heavy atom. The number of nitrogens with zero attached hydrogens (tertiary/aromatic N) is 2. The van der Waals surface area contributed by atoms with Crippen molar-refractivity contribution in [1.29, 1.82) is 0 Å². The van der Waals surface area contributed by atoms with Crippen LogP contribution in [-0.2, 0) is 15.9 Å². The lowest BCUT2D eigenvalue weighted by Gasteiger charge is -2.32. The van der Waals surface area contributed by atoms with Crippen LogP contribution in [0.25, 0.3) is 0 Å². The van der Waals surface area contributed by atoms with E-state index in [4.69, 9.17) is 9.31 Å². The zero-order valence-corrected chi connectivity index (χ0v) is 12.2. The van der Waals surface area contributed by atoms with Crippen molar-refractivity contribution in [3.63, 3.8) is 0 Å². The second-order valence-corrected chi connectivity index (χ2v) is 6.05. The molecule has 0 saturated carbocycles. The summed E-state index contributed by atoms with van der Waals surface area (Å²) in [5, 5.41) is 3.78. The number of rotatable bonds is 2. The van der Waals surface area contributed by atoms with E-state index in [1.54, 1.807) is 6.92 Å². The Kier molecular flexibility index (Phi) is 3.45. The summed E-state index contributed by atoms with van der Waals surface area (Å²) in [4.78, 5) is 0. The highest BCUT2D eigenvalue weighted by atomic mass is 19.4. The molecule has 0 spiro atoms. The molecule has 0 atom stereocenters. The van der Waals surface area contributed by atoms with Gasteiger partial charge in [-0.25, -0.2) is 0 Å². The molecular weight excluding hydrogens is 272 g/mol. The molecule has 1 aromatic rings. The van der Waals surface area contributed by atoms with Gasteiger partial charge in [-0.1, -0.05) is 0 Å². The molecule has 1 aromatic heterocycles. The molecule has 0 aliphatic carbocycles.